The zero-order valence-electron chi connectivity index (χ0n) is 20.8. The zero-order chi connectivity index (χ0) is 26.4. The van der Waals surface area contributed by atoms with Crippen molar-refractivity contribution in [3.05, 3.63) is 64.2 Å². The van der Waals surface area contributed by atoms with Crippen LogP contribution in [0.1, 0.15) is 33.7 Å². The molecule has 2 aliphatic rings. The summed E-state index contributed by atoms with van der Waals surface area (Å²) in [6.07, 6.45) is 0.939. The van der Waals surface area contributed by atoms with Crippen molar-refractivity contribution < 1.29 is 23.8 Å². The summed E-state index contributed by atoms with van der Waals surface area (Å²) in [5.41, 5.74) is -0.171. The lowest BCUT2D eigenvalue weighted by Gasteiger charge is -2.45. The normalized spacial score (nSPS) is 18.2. The second kappa shape index (κ2) is 9.10. The van der Waals surface area contributed by atoms with Crippen LogP contribution in [-0.4, -0.2) is 64.6 Å². The molecular weight excluding hydrogens is 490 g/mol. The number of H-pyrrole nitrogens is 2. The van der Waals surface area contributed by atoms with Gasteiger partial charge in [-0.2, -0.15) is 5.10 Å². The Hall–Kier alpha value is -4.51. The second-order valence-electron chi connectivity index (χ2n) is 9.38. The molecule has 0 aliphatic carbocycles. The van der Waals surface area contributed by atoms with Crippen LogP contribution in [0.15, 0.2) is 47.3 Å². The van der Waals surface area contributed by atoms with Gasteiger partial charge in [0.25, 0.3) is 0 Å². The number of carbonyl (C=O) groups excluding carboxylic acids is 2. The summed E-state index contributed by atoms with van der Waals surface area (Å²) in [6.45, 7) is 1.20. The SMILES string of the molecule is COc1cc(C(=O)[C@H]2C(=O)c3cc(-c4n[nH]c(=O)[nH]4)ccc3OC23CCNCC3)nc2c(OC)cccc12. The quantitative estimate of drug-likeness (QED) is 0.269. The average Bonchev–Trinajstić information content (AvgIpc) is 3.38. The zero-order valence-corrected chi connectivity index (χ0v) is 20.8. The van der Waals surface area contributed by atoms with Crippen molar-refractivity contribution in [2.45, 2.75) is 18.4 Å². The number of aromatic amines is 2. The molecule has 0 saturated carbocycles. The van der Waals surface area contributed by atoms with Gasteiger partial charge < -0.3 is 19.5 Å². The number of para-hydroxylation sites is 1. The molecule has 1 fully saturated rings. The molecule has 0 unspecified atom stereocenters. The number of nitrogens with zero attached hydrogens (tertiary/aromatic N) is 2. The third kappa shape index (κ3) is 3.74. The molecule has 6 rings (SSSR count). The Morgan fingerprint density at radius 2 is 1.84 bits per heavy atom. The fourth-order valence-corrected chi connectivity index (χ4v) is 5.44. The Morgan fingerprint density at radius 3 is 2.55 bits per heavy atom. The van der Waals surface area contributed by atoms with E-state index in [2.05, 4.69) is 25.5 Å². The second-order valence-corrected chi connectivity index (χ2v) is 9.38. The van der Waals surface area contributed by atoms with E-state index in [4.69, 9.17) is 14.2 Å². The average molecular weight is 516 g/mol. The Balaban J connectivity index is 1.49. The monoisotopic (exact) mass is 515 g/mol. The predicted molar refractivity (Wildman–Crippen MR) is 137 cm³/mol. The fraction of sp³-hybridized carbons (Fsp3) is 0.296. The number of Topliss-reactive ketones (excluding diaryl/α,β-unsaturated/α-hetero) is 2. The maximum atomic E-state index is 14.2. The summed E-state index contributed by atoms with van der Waals surface area (Å²) in [6, 6.07) is 12.0. The van der Waals surface area contributed by atoms with Crippen LogP contribution in [0.3, 0.4) is 0 Å². The molecule has 2 aromatic carbocycles. The fourth-order valence-electron chi connectivity index (χ4n) is 5.44. The molecule has 11 heteroatoms. The van der Waals surface area contributed by atoms with E-state index in [0.717, 1.165) is 0 Å². The largest absolute Gasteiger partial charge is 0.496 e. The topological polar surface area (TPSA) is 148 Å². The number of pyridine rings is 1. The number of carbonyl (C=O) groups is 2. The van der Waals surface area contributed by atoms with Crippen molar-refractivity contribution in [2.75, 3.05) is 27.3 Å². The van der Waals surface area contributed by atoms with Crippen LogP contribution in [0.4, 0.5) is 0 Å². The Labute approximate surface area is 216 Å². The maximum Gasteiger partial charge on any atom is 0.340 e. The number of benzene rings is 2. The van der Waals surface area contributed by atoms with E-state index in [0.29, 0.717) is 59.6 Å². The summed E-state index contributed by atoms with van der Waals surface area (Å²) in [5, 5.41) is 10.2. The summed E-state index contributed by atoms with van der Waals surface area (Å²) in [5.74, 6) is -0.329. The number of ether oxygens (including phenoxy) is 3. The van der Waals surface area contributed by atoms with Gasteiger partial charge >= 0.3 is 5.69 Å². The van der Waals surface area contributed by atoms with E-state index in [9.17, 15) is 14.4 Å². The van der Waals surface area contributed by atoms with Crippen LogP contribution in [0.2, 0.25) is 0 Å². The van der Waals surface area contributed by atoms with E-state index in [1.807, 2.05) is 12.1 Å². The van der Waals surface area contributed by atoms with Gasteiger partial charge in [0, 0.05) is 29.9 Å². The van der Waals surface area contributed by atoms with Gasteiger partial charge in [-0.1, -0.05) is 6.07 Å². The highest BCUT2D eigenvalue weighted by atomic mass is 16.5. The number of aromatic nitrogens is 4. The number of hydrogen-bond donors (Lipinski definition) is 3. The molecule has 1 atom stereocenters. The van der Waals surface area contributed by atoms with Crippen LogP contribution in [0.5, 0.6) is 17.2 Å². The molecule has 11 nitrogen and oxygen atoms in total. The van der Waals surface area contributed by atoms with Gasteiger partial charge in [-0.15, -0.1) is 0 Å². The van der Waals surface area contributed by atoms with Crippen LogP contribution < -0.4 is 25.2 Å². The maximum absolute atomic E-state index is 14.2. The minimum Gasteiger partial charge on any atom is -0.496 e. The van der Waals surface area contributed by atoms with E-state index in [-0.39, 0.29) is 22.9 Å². The van der Waals surface area contributed by atoms with Crippen molar-refractivity contribution in [3.8, 4) is 28.6 Å². The lowest BCUT2D eigenvalue weighted by atomic mass is 9.71. The van der Waals surface area contributed by atoms with Gasteiger partial charge in [0.15, 0.2) is 17.4 Å². The third-order valence-corrected chi connectivity index (χ3v) is 7.29. The van der Waals surface area contributed by atoms with Crippen molar-refractivity contribution in [1.82, 2.24) is 25.5 Å². The van der Waals surface area contributed by atoms with Crippen LogP contribution in [0, 0.1) is 5.92 Å². The van der Waals surface area contributed by atoms with Gasteiger partial charge in [-0.3, -0.25) is 14.6 Å². The minimum absolute atomic E-state index is 0.0925. The van der Waals surface area contributed by atoms with E-state index in [1.165, 1.54) is 14.2 Å². The number of fused-ring (bicyclic) bond motifs is 2. The molecule has 4 aromatic rings. The Morgan fingerprint density at radius 1 is 1.05 bits per heavy atom. The molecule has 4 heterocycles. The van der Waals surface area contributed by atoms with Crippen molar-refractivity contribution in [1.29, 1.82) is 0 Å². The van der Waals surface area contributed by atoms with Crippen molar-refractivity contribution >= 4 is 22.5 Å². The number of rotatable bonds is 5. The molecule has 2 aromatic heterocycles. The molecule has 38 heavy (non-hydrogen) atoms. The summed E-state index contributed by atoms with van der Waals surface area (Å²) in [4.78, 5) is 47.1. The highest BCUT2D eigenvalue weighted by Gasteiger charge is 2.54. The highest BCUT2D eigenvalue weighted by Crippen LogP contribution is 2.44. The van der Waals surface area contributed by atoms with E-state index < -0.39 is 23.0 Å². The number of ketones is 2. The Kier molecular flexibility index (Phi) is 5.72. The van der Waals surface area contributed by atoms with Gasteiger partial charge in [-0.05, 0) is 43.4 Å². The number of piperidine rings is 1. The smallest absolute Gasteiger partial charge is 0.340 e. The highest BCUT2D eigenvalue weighted by molar-refractivity contribution is 6.19. The standard InChI is InChI=1S/C27H25N5O6/c1-36-19-5-3-4-15-20(37-2)13-17(29-22(15)19)24(34)21-23(33)16-12-14(25-30-26(35)32-31-25)6-7-18(16)38-27(21)8-10-28-11-9-27/h3-7,12-13,21,28H,8-11H2,1-2H3,(H2,30,31,32,35)/t21-/m1/s1. The molecule has 2 aliphatic heterocycles. The molecule has 0 bridgehead atoms. The van der Waals surface area contributed by atoms with Crippen molar-refractivity contribution in [3.63, 3.8) is 0 Å². The summed E-state index contributed by atoms with van der Waals surface area (Å²) in [7, 11) is 3.05. The van der Waals surface area contributed by atoms with E-state index in [1.54, 1.807) is 30.3 Å². The molecular formula is C27H25N5O6. The van der Waals surface area contributed by atoms with Gasteiger partial charge in [0.05, 0.1) is 19.8 Å². The van der Waals surface area contributed by atoms with Gasteiger partial charge in [-0.25, -0.2) is 14.9 Å². The van der Waals surface area contributed by atoms with Crippen LogP contribution >= 0.6 is 0 Å². The molecule has 1 saturated heterocycles. The third-order valence-electron chi connectivity index (χ3n) is 7.29. The van der Waals surface area contributed by atoms with Crippen LogP contribution in [-0.2, 0) is 0 Å². The van der Waals surface area contributed by atoms with Gasteiger partial charge in [0.2, 0.25) is 0 Å². The summed E-state index contributed by atoms with van der Waals surface area (Å²) < 4.78 is 17.6. The molecule has 3 N–H and O–H groups in total. The molecule has 194 valence electrons. The number of hydrogen-bond acceptors (Lipinski definition) is 9. The minimum atomic E-state index is -1.13. The van der Waals surface area contributed by atoms with Crippen LogP contribution in [0.25, 0.3) is 22.3 Å². The lowest BCUT2D eigenvalue weighted by molar-refractivity contribution is -0.0139. The van der Waals surface area contributed by atoms with Crippen molar-refractivity contribution in [2.24, 2.45) is 5.92 Å². The first kappa shape index (κ1) is 23.9. The Bertz CT molecular complexity index is 1630. The molecule has 0 amide bonds. The first-order valence-electron chi connectivity index (χ1n) is 12.2. The molecule has 1 spiro atoms. The number of methoxy groups -OCH3 is 2. The lowest BCUT2D eigenvalue weighted by Crippen LogP contribution is -2.58. The summed E-state index contributed by atoms with van der Waals surface area (Å²) >= 11 is 0. The number of nitrogens with one attached hydrogen (secondary N) is 3. The predicted octanol–water partition coefficient (Wildman–Crippen LogP) is 2.53. The first-order valence-corrected chi connectivity index (χ1v) is 12.2. The first-order chi connectivity index (χ1) is 18.4. The van der Waals surface area contributed by atoms with E-state index >= 15 is 0 Å². The molecule has 0 radical (unpaired) electrons. The van der Waals surface area contributed by atoms with Gasteiger partial charge in [0.1, 0.15) is 40.0 Å².